The molecular formula is C15H19ClO3. The van der Waals surface area contributed by atoms with Crippen LogP contribution in [0.15, 0.2) is 12.1 Å². The van der Waals surface area contributed by atoms with Gasteiger partial charge in [0.15, 0.2) is 0 Å². The maximum atomic E-state index is 11.8. The highest BCUT2D eigenvalue weighted by Gasteiger charge is 2.43. The number of methoxy groups -OCH3 is 1. The third-order valence-electron chi connectivity index (χ3n) is 4.04. The number of carboxylic acid groups (broad SMARTS) is 1. The zero-order valence-corrected chi connectivity index (χ0v) is 12.1. The minimum atomic E-state index is -0.853. The fraction of sp³-hybridized carbons (Fsp3) is 0.533. The summed E-state index contributed by atoms with van der Waals surface area (Å²) in [5.41, 5.74) is 0.829. The van der Waals surface area contributed by atoms with Gasteiger partial charge in [0, 0.05) is 0 Å². The summed E-state index contributed by atoms with van der Waals surface area (Å²) in [5.74, 6) is -0.218. The molecule has 1 aliphatic rings. The Morgan fingerprint density at radius 1 is 1.32 bits per heavy atom. The van der Waals surface area contributed by atoms with Crippen LogP contribution in [0.2, 0.25) is 5.02 Å². The van der Waals surface area contributed by atoms with E-state index in [0.717, 1.165) is 24.8 Å². The van der Waals surface area contributed by atoms with Crippen molar-refractivity contribution in [2.45, 2.75) is 44.4 Å². The van der Waals surface area contributed by atoms with Crippen LogP contribution in [0.4, 0.5) is 0 Å². The van der Waals surface area contributed by atoms with Gasteiger partial charge in [0.25, 0.3) is 0 Å². The molecule has 0 unspecified atom stereocenters. The average molecular weight is 283 g/mol. The molecule has 1 aromatic carbocycles. The zero-order valence-electron chi connectivity index (χ0n) is 11.3. The number of halogens is 1. The SMILES string of the molecule is COc1cc(C)cc(C2(C(=O)O)CCCCC2)c1Cl. The molecule has 0 heterocycles. The van der Waals surface area contributed by atoms with Gasteiger partial charge in [-0.15, -0.1) is 0 Å². The number of aryl methyl sites for hydroxylation is 1. The van der Waals surface area contributed by atoms with Crippen molar-refractivity contribution in [3.63, 3.8) is 0 Å². The van der Waals surface area contributed by atoms with E-state index in [2.05, 4.69) is 0 Å². The molecule has 1 fully saturated rings. The van der Waals surface area contributed by atoms with Crippen LogP contribution in [0.25, 0.3) is 0 Å². The number of hydrogen-bond acceptors (Lipinski definition) is 2. The Balaban J connectivity index is 2.59. The van der Waals surface area contributed by atoms with Crippen molar-refractivity contribution in [2.24, 2.45) is 0 Å². The summed E-state index contributed by atoms with van der Waals surface area (Å²) in [6.45, 7) is 1.93. The van der Waals surface area contributed by atoms with E-state index >= 15 is 0 Å². The minimum Gasteiger partial charge on any atom is -0.495 e. The van der Waals surface area contributed by atoms with Gasteiger partial charge in [-0.1, -0.05) is 36.9 Å². The molecule has 0 bridgehead atoms. The number of rotatable bonds is 3. The van der Waals surface area contributed by atoms with E-state index in [1.807, 2.05) is 19.1 Å². The number of carboxylic acids is 1. The molecule has 0 radical (unpaired) electrons. The van der Waals surface area contributed by atoms with Crippen molar-refractivity contribution < 1.29 is 14.6 Å². The van der Waals surface area contributed by atoms with Crippen LogP contribution in [-0.2, 0) is 10.2 Å². The van der Waals surface area contributed by atoms with E-state index in [9.17, 15) is 9.90 Å². The van der Waals surface area contributed by atoms with Gasteiger partial charge in [0.2, 0.25) is 0 Å². The van der Waals surface area contributed by atoms with E-state index in [1.165, 1.54) is 0 Å². The molecule has 1 saturated carbocycles. The molecule has 3 nitrogen and oxygen atoms in total. The third-order valence-corrected chi connectivity index (χ3v) is 4.43. The molecule has 0 aromatic heterocycles. The Labute approximate surface area is 118 Å². The van der Waals surface area contributed by atoms with Gasteiger partial charge < -0.3 is 9.84 Å². The second-order valence-electron chi connectivity index (χ2n) is 5.28. The Hall–Kier alpha value is -1.22. The van der Waals surface area contributed by atoms with Gasteiger partial charge in [-0.2, -0.15) is 0 Å². The molecule has 104 valence electrons. The van der Waals surface area contributed by atoms with E-state index in [0.29, 0.717) is 29.2 Å². The summed E-state index contributed by atoms with van der Waals surface area (Å²) < 4.78 is 5.26. The Bertz CT molecular complexity index is 490. The van der Waals surface area contributed by atoms with E-state index in [-0.39, 0.29) is 0 Å². The molecule has 2 rings (SSSR count). The maximum absolute atomic E-state index is 11.8. The lowest BCUT2D eigenvalue weighted by Gasteiger charge is -2.34. The average Bonchev–Trinajstić information content (AvgIpc) is 2.41. The van der Waals surface area contributed by atoms with Gasteiger partial charge in [0.05, 0.1) is 17.5 Å². The predicted molar refractivity (Wildman–Crippen MR) is 75.1 cm³/mol. The maximum Gasteiger partial charge on any atom is 0.314 e. The first-order valence-corrected chi connectivity index (χ1v) is 6.97. The van der Waals surface area contributed by atoms with Crippen molar-refractivity contribution in [3.8, 4) is 5.75 Å². The first-order chi connectivity index (χ1) is 9.01. The van der Waals surface area contributed by atoms with Crippen molar-refractivity contribution in [1.29, 1.82) is 0 Å². The normalized spacial score (nSPS) is 18.1. The lowest BCUT2D eigenvalue weighted by atomic mass is 9.69. The summed E-state index contributed by atoms with van der Waals surface area (Å²) in [4.78, 5) is 11.8. The van der Waals surface area contributed by atoms with Crippen molar-refractivity contribution in [1.82, 2.24) is 0 Å². The van der Waals surface area contributed by atoms with Crippen LogP contribution in [0, 0.1) is 6.92 Å². The van der Waals surface area contributed by atoms with Crippen LogP contribution >= 0.6 is 11.6 Å². The standard InChI is InChI=1S/C15H19ClO3/c1-10-8-11(13(16)12(9-10)19-2)15(14(17)18)6-4-3-5-7-15/h8-9H,3-7H2,1-2H3,(H,17,18). The van der Waals surface area contributed by atoms with Crippen molar-refractivity contribution in [2.75, 3.05) is 7.11 Å². The minimum absolute atomic E-state index is 0.442. The van der Waals surface area contributed by atoms with E-state index in [1.54, 1.807) is 7.11 Å². The smallest absolute Gasteiger partial charge is 0.314 e. The molecule has 4 heteroatoms. The van der Waals surface area contributed by atoms with Gasteiger partial charge in [-0.05, 0) is 37.0 Å². The quantitative estimate of drug-likeness (QED) is 0.913. The first-order valence-electron chi connectivity index (χ1n) is 6.59. The fourth-order valence-corrected chi connectivity index (χ4v) is 3.35. The van der Waals surface area contributed by atoms with Crippen LogP contribution in [-0.4, -0.2) is 18.2 Å². The number of aliphatic carboxylic acids is 1. The second kappa shape index (κ2) is 5.41. The highest BCUT2D eigenvalue weighted by atomic mass is 35.5. The largest absolute Gasteiger partial charge is 0.495 e. The van der Waals surface area contributed by atoms with Gasteiger partial charge in [-0.3, -0.25) is 4.79 Å². The third kappa shape index (κ3) is 2.44. The van der Waals surface area contributed by atoms with Crippen molar-refractivity contribution in [3.05, 3.63) is 28.3 Å². The fourth-order valence-electron chi connectivity index (χ4n) is 2.99. The molecule has 0 amide bonds. The molecular weight excluding hydrogens is 264 g/mol. The number of benzene rings is 1. The summed E-state index contributed by atoms with van der Waals surface area (Å²) in [5, 5.41) is 10.2. The van der Waals surface area contributed by atoms with E-state index < -0.39 is 11.4 Å². The zero-order chi connectivity index (χ0) is 14.0. The molecule has 1 N–H and O–H groups in total. The van der Waals surface area contributed by atoms with Crippen molar-refractivity contribution >= 4 is 17.6 Å². The summed E-state index contributed by atoms with van der Waals surface area (Å²) in [6.07, 6.45) is 4.25. The summed E-state index contributed by atoms with van der Waals surface area (Å²) in [7, 11) is 1.55. The first kappa shape index (κ1) is 14.2. The van der Waals surface area contributed by atoms with Gasteiger partial charge in [0.1, 0.15) is 5.75 Å². The second-order valence-corrected chi connectivity index (χ2v) is 5.65. The number of ether oxygens (including phenoxy) is 1. The molecule has 1 aromatic rings. The molecule has 0 atom stereocenters. The highest BCUT2D eigenvalue weighted by molar-refractivity contribution is 6.33. The molecule has 19 heavy (non-hydrogen) atoms. The lowest BCUT2D eigenvalue weighted by Crippen LogP contribution is -2.38. The van der Waals surface area contributed by atoms with Crippen LogP contribution in [0.3, 0.4) is 0 Å². The van der Waals surface area contributed by atoms with Crippen LogP contribution in [0.1, 0.15) is 43.2 Å². The number of hydrogen-bond donors (Lipinski definition) is 1. The highest BCUT2D eigenvalue weighted by Crippen LogP contribution is 2.45. The number of carbonyl (C=O) groups is 1. The van der Waals surface area contributed by atoms with Gasteiger partial charge in [-0.25, -0.2) is 0 Å². The van der Waals surface area contributed by atoms with Gasteiger partial charge >= 0.3 is 5.97 Å². The Morgan fingerprint density at radius 3 is 2.47 bits per heavy atom. The topological polar surface area (TPSA) is 46.5 Å². The summed E-state index contributed by atoms with van der Waals surface area (Å²) >= 11 is 6.36. The summed E-state index contributed by atoms with van der Waals surface area (Å²) in [6, 6.07) is 3.73. The molecule has 0 spiro atoms. The van der Waals surface area contributed by atoms with E-state index in [4.69, 9.17) is 16.3 Å². The molecule has 0 saturated heterocycles. The Morgan fingerprint density at radius 2 is 1.95 bits per heavy atom. The Kier molecular flexibility index (Phi) is 4.04. The predicted octanol–water partition coefficient (Wildman–Crippen LogP) is 3.94. The molecule has 0 aliphatic heterocycles. The lowest BCUT2D eigenvalue weighted by molar-refractivity contribution is -0.145. The van der Waals surface area contributed by atoms with Crippen LogP contribution < -0.4 is 4.74 Å². The van der Waals surface area contributed by atoms with Crippen LogP contribution in [0.5, 0.6) is 5.75 Å². The molecule has 1 aliphatic carbocycles. The monoisotopic (exact) mass is 282 g/mol.